The largest absolute Gasteiger partial charge is 0.392 e. The van der Waals surface area contributed by atoms with Crippen LogP contribution in [0.5, 0.6) is 0 Å². The molecule has 4 heteroatoms. The molecule has 1 aromatic carbocycles. The molecule has 4 nitrogen and oxygen atoms in total. The Kier molecular flexibility index (Phi) is 5.52. The summed E-state index contributed by atoms with van der Waals surface area (Å²) in [5, 5.41) is 9.52. The number of benzene rings is 1. The fraction of sp³-hybridized carbons (Fsp3) is 0.556. The minimum absolute atomic E-state index is 0.0105. The lowest BCUT2D eigenvalue weighted by Crippen LogP contribution is -2.45. The summed E-state index contributed by atoms with van der Waals surface area (Å²) in [5.41, 5.74) is 0.106. The Balaban J connectivity index is 3.29. The summed E-state index contributed by atoms with van der Waals surface area (Å²) in [5.74, 6) is -0.149. The SMILES string of the molecule is CC(C)(C)C(=O)CN(C(=O)C(C)(C)C)c1ccccc1CO. The number of hydrogen-bond donors (Lipinski definition) is 1. The van der Waals surface area contributed by atoms with Crippen LogP contribution in [0.1, 0.15) is 47.1 Å². The van der Waals surface area contributed by atoms with E-state index in [1.54, 1.807) is 24.3 Å². The van der Waals surface area contributed by atoms with Gasteiger partial charge in [0.2, 0.25) is 5.91 Å². The maximum Gasteiger partial charge on any atom is 0.232 e. The van der Waals surface area contributed by atoms with E-state index in [4.69, 9.17) is 0 Å². The molecule has 22 heavy (non-hydrogen) atoms. The number of anilines is 1. The van der Waals surface area contributed by atoms with Crippen molar-refractivity contribution in [2.24, 2.45) is 10.8 Å². The van der Waals surface area contributed by atoms with Gasteiger partial charge in [0, 0.05) is 22.1 Å². The molecule has 1 rings (SSSR count). The summed E-state index contributed by atoms with van der Waals surface area (Å²) in [6.07, 6.45) is 0. The molecule has 0 aliphatic carbocycles. The van der Waals surface area contributed by atoms with Crippen molar-refractivity contribution in [3.63, 3.8) is 0 Å². The van der Waals surface area contributed by atoms with Crippen LogP contribution in [-0.2, 0) is 16.2 Å². The van der Waals surface area contributed by atoms with E-state index in [0.29, 0.717) is 11.3 Å². The third-order valence-electron chi connectivity index (χ3n) is 3.48. The quantitative estimate of drug-likeness (QED) is 0.929. The van der Waals surface area contributed by atoms with E-state index >= 15 is 0 Å². The highest BCUT2D eigenvalue weighted by molar-refractivity contribution is 6.03. The van der Waals surface area contributed by atoms with E-state index in [1.165, 1.54) is 4.90 Å². The average molecular weight is 305 g/mol. The van der Waals surface area contributed by atoms with Gasteiger partial charge >= 0.3 is 0 Å². The fourth-order valence-corrected chi connectivity index (χ4v) is 1.96. The molecule has 1 amide bonds. The summed E-state index contributed by atoms with van der Waals surface area (Å²) in [4.78, 5) is 26.7. The Morgan fingerprint density at radius 3 is 2.00 bits per heavy atom. The number of carbonyl (C=O) groups excluding carboxylic acids is 2. The Morgan fingerprint density at radius 1 is 1.00 bits per heavy atom. The zero-order chi connectivity index (χ0) is 17.1. The van der Waals surface area contributed by atoms with Crippen molar-refractivity contribution < 1.29 is 14.7 Å². The normalized spacial score (nSPS) is 12.1. The van der Waals surface area contributed by atoms with E-state index in [1.807, 2.05) is 41.5 Å². The molecular formula is C18H27NO3. The molecule has 0 spiro atoms. The van der Waals surface area contributed by atoms with E-state index in [0.717, 1.165) is 0 Å². The highest BCUT2D eigenvalue weighted by Crippen LogP contribution is 2.28. The minimum Gasteiger partial charge on any atom is -0.392 e. The summed E-state index contributed by atoms with van der Waals surface area (Å²) < 4.78 is 0. The van der Waals surface area contributed by atoms with E-state index in [2.05, 4.69) is 0 Å². The van der Waals surface area contributed by atoms with E-state index in [9.17, 15) is 14.7 Å². The minimum atomic E-state index is -0.610. The number of amides is 1. The van der Waals surface area contributed by atoms with Crippen LogP contribution in [0.3, 0.4) is 0 Å². The number of rotatable bonds is 4. The van der Waals surface area contributed by atoms with Crippen molar-refractivity contribution in [1.82, 2.24) is 0 Å². The van der Waals surface area contributed by atoms with Crippen LogP contribution in [0.2, 0.25) is 0 Å². The van der Waals surface area contributed by atoms with E-state index in [-0.39, 0.29) is 24.8 Å². The smallest absolute Gasteiger partial charge is 0.232 e. The first-order valence-electron chi connectivity index (χ1n) is 7.52. The van der Waals surface area contributed by atoms with Crippen molar-refractivity contribution in [2.45, 2.75) is 48.1 Å². The average Bonchev–Trinajstić information content (AvgIpc) is 2.41. The van der Waals surface area contributed by atoms with Crippen molar-refractivity contribution in [3.8, 4) is 0 Å². The van der Waals surface area contributed by atoms with Crippen LogP contribution in [0.4, 0.5) is 5.69 Å². The Hall–Kier alpha value is -1.68. The zero-order valence-electron chi connectivity index (χ0n) is 14.4. The number of ketones is 1. The van der Waals surface area contributed by atoms with Crippen LogP contribution >= 0.6 is 0 Å². The molecule has 122 valence electrons. The summed E-state index contributed by atoms with van der Waals surface area (Å²) in [6, 6.07) is 7.14. The lowest BCUT2D eigenvalue weighted by atomic mass is 9.89. The molecule has 0 fully saturated rings. The van der Waals surface area contributed by atoms with Crippen molar-refractivity contribution in [1.29, 1.82) is 0 Å². The number of carbonyl (C=O) groups is 2. The predicted molar refractivity (Wildman–Crippen MR) is 88.6 cm³/mol. The molecular weight excluding hydrogens is 278 g/mol. The zero-order valence-corrected chi connectivity index (χ0v) is 14.4. The first-order valence-corrected chi connectivity index (χ1v) is 7.52. The number of aliphatic hydroxyl groups excluding tert-OH is 1. The second kappa shape index (κ2) is 6.61. The molecule has 0 aromatic heterocycles. The second-order valence-electron chi connectivity index (χ2n) is 7.60. The molecule has 0 saturated heterocycles. The molecule has 0 aliphatic heterocycles. The standard InChI is InChI=1S/C18H27NO3/c1-17(2,3)15(21)11-19(16(22)18(4,5)6)14-10-8-7-9-13(14)12-20/h7-10,20H,11-12H2,1-6H3. The third-order valence-corrected chi connectivity index (χ3v) is 3.48. The van der Waals surface area contributed by atoms with Crippen molar-refractivity contribution in [3.05, 3.63) is 29.8 Å². The lowest BCUT2D eigenvalue weighted by molar-refractivity contribution is -0.130. The summed E-state index contributed by atoms with van der Waals surface area (Å²) in [7, 11) is 0. The molecule has 0 heterocycles. The van der Waals surface area contributed by atoms with Gasteiger partial charge in [-0.25, -0.2) is 0 Å². The third kappa shape index (κ3) is 4.41. The van der Waals surface area contributed by atoms with Crippen molar-refractivity contribution >= 4 is 17.4 Å². The Morgan fingerprint density at radius 2 is 1.55 bits per heavy atom. The highest BCUT2D eigenvalue weighted by atomic mass is 16.3. The van der Waals surface area contributed by atoms with Crippen molar-refractivity contribution in [2.75, 3.05) is 11.4 Å². The molecule has 0 aliphatic rings. The topological polar surface area (TPSA) is 57.6 Å². The molecule has 0 atom stereocenters. The number of Topliss-reactive ketones (excluding diaryl/α,β-unsaturated/α-hetero) is 1. The molecule has 0 bridgehead atoms. The van der Waals surface area contributed by atoms with Crippen LogP contribution < -0.4 is 4.90 Å². The van der Waals surface area contributed by atoms with Gasteiger partial charge in [-0.15, -0.1) is 0 Å². The first kappa shape index (κ1) is 18.4. The fourth-order valence-electron chi connectivity index (χ4n) is 1.96. The van der Waals surface area contributed by atoms with Crippen LogP contribution in [0.15, 0.2) is 24.3 Å². The highest BCUT2D eigenvalue weighted by Gasteiger charge is 2.33. The number of para-hydroxylation sites is 1. The van der Waals surface area contributed by atoms with Gasteiger partial charge in [0.05, 0.1) is 13.2 Å². The van der Waals surface area contributed by atoms with Gasteiger partial charge in [-0.3, -0.25) is 9.59 Å². The number of hydrogen-bond acceptors (Lipinski definition) is 3. The Labute approximate surface area is 133 Å². The van der Waals surface area contributed by atoms with Crippen LogP contribution in [0, 0.1) is 10.8 Å². The summed E-state index contributed by atoms with van der Waals surface area (Å²) in [6.45, 7) is 10.8. The van der Waals surface area contributed by atoms with Crippen LogP contribution in [0.25, 0.3) is 0 Å². The first-order chi connectivity index (χ1) is 9.98. The maximum atomic E-state index is 12.8. The van der Waals surface area contributed by atoms with Gasteiger partial charge < -0.3 is 10.0 Å². The molecule has 0 saturated carbocycles. The van der Waals surface area contributed by atoms with Gasteiger partial charge in [-0.2, -0.15) is 0 Å². The lowest BCUT2D eigenvalue weighted by Gasteiger charge is -2.32. The second-order valence-corrected chi connectivity index (χ2v) is 7.60. The Bertz CT molecular complexity index is 550. The maximum absolute atomic E-state index is 12.8. The van der Waals surface area contributed by atoms with Gasteiger partial charge in [0.15, 0.2) is 5.78 Å². The predicted octanol–water partition coefficient (Wildman–Crippen LogP) is 3.17. The number of nitrogens with zero attached hydrogens (tertiary/aromatic N) is 1. The molecule has 1 N–H and O–H groups in total. The van der Waals surface area contributed by atoms with Gasteiger partial charge in [-0.1, -0.05) is 59.7 Å². The summed E-state index contributed by atoms with van der Waals surface area (Å²) >= 11 is 0. The van der Waals surface area contributed by atoms with E-state index < -0.39 is 10.8 Å². The monoisotopic (exact) mass is 305 g/mol. The molecule has 0 unspecified atom stereocenters. The van der Waals surface area contributed by atoms with Gasteiger partial charge in [0.25, 0.3) is 0 Å². The molecule has 1 aromatic rings. The number of aliphatic hydroxyl groups is 1. The van der Waals surface area contributed by atoms with Gasteiger partial charge in [-0.05, 0) is 6.07 Å². The molecule has 0 radical (unpaired) electrons. The van der Waals surface area contributed by atoms with Gasteiger partial charge in [0.1, 0.15) is 0 Å². The van der Waals surface area contributed by atoms with Crippen LogP contribution in [-0.4, -0.2) is 23.3 Å².